The van der Waals surface area contributed by atoms with Gasteiger partial charge in [0, 0.05) is 24.6 Å². The molecule has 0 amide bonds. The smallest absolute Gasteiger partial charge is 0.490 e. The lowest BCUT2D eigenvalue weighted by Gasteiger charge is -2.38. The van der Waals surface area contributed by atoms with Crippen LogP contribution in [0.1, 0.15) is 37.4 Å². The van der Waals surface area contributed by atoms with Crippen molar-refractivity contribution in [2.24, 2.45) is 0 Å². The first kappa shape index (κ1) is 23.8. The topological polar surface area (TPSA) is 77.0 Å². The molecule has 1 aliphatic rings. The second-order valence-corrected chi connectivity index (χ2v) is 7.93. The molecule has 0 radical (unpaired) electrons. The van der Waals surface area contributed by atoms with Gasteiger partial charge in [0.25, 0.3) is 0 Å². The van der Waals surface area contributed by atoms with Crippen LogP contribution in [-0.2, 0) is 11.3 Å². The third kappa shape index (κ3) is 6.02. The molecule has 3 rings (SSSR count). The quantitative estimate of drug-likeness (QED) is 0.686. The van der Waals surface area contributed by atoms with Gasteiger partial charge in [-0.05, 0) is 48.4 Å². The largest absolute Gasteiger partial charge is 0.493 e. The number of hydrogen-bond acceptors (Lipinski definition) is 6. The van der Waals surface area contributed by atoms with Crippen molar-refractivity contribution >= 4 is 17.3 Å². The molecule has 2 N–H and O–H groups in total. The van der Waals surface area contributed by atoms with Crippen molar-refractivity contribution in [3.05, 3.63) is 40.1 Å². The van der Waals surface area contributed by atoms with Crippen LogP contribution in [0, 0.1) is 0 Å². The Morgan fingerprint density at radius 2 is 1.97 bits per heavy atom. The summed E-state index contributed by atoms with van der Waals surface area (Å²) in [5, 5.41) is 15.1. The van der Waals surface area contributed by atoms with Crippen molar-refractivity contribution in [3.8, 4) is 17.2 Å². The number of carboxylic acid groups (broad SMARTS) is 1. The van der Waals surface area contributed by atoms with Gasteiger partial charge < -0.3 is 24.6 Å². The average Bonchev–Trinajstić information content (AvgIpc) is 3.17. The van der Waals surface area contributed by atoms with Crippen LogP contribution in [0.5, 0.6) is 17.2 Å². The fraction of sp³-hybridized carbons (Fsp3) is 0.450. The molecule has 1 atom stereocenters. The Kier molecular flexibility index (Phi) is 7.59. The van der Waals surface area contributed by atoms with Gasteiger partial charge in [0.05, 0.1) is 14.2 Å². The van der Waals surface area contributed by atoms with Crippen molar-refractivity contribution < 1.29 is 37.3 Å². The van der Waals surface area contributed by atoms with E-state index in [1.165, 1.54) is 5.56 Å². The molecule has 6 nitrogen and oxygen atoms in total. The fourth-order valence-electron chi connectivity index (χ4n) is 3.03. The molecule has 10 heteroatoms. The number of rotatable bonds is 5. The van der Waals surface area contributed by atoms with Gasteiger partial charge in [-0.3, -0.25) is 0 Å². The number of carbonyl (C=O) groups is 1. The van der Waals surface area contributed by atoms with Crippen LogP contribution in [0.3, 0.4) is 0 Å². The second kappa shape index (κ2) is 9.57. The van der Waals surface area contributed by atoms with E-state index in [9.17, 15) is 13.2 Å². The molecule has 0 saturated carbocycles. The minimum absolute atomic E-state index is 0.216. The highest BCUT2D eigenvalue weighted by Gasteiger charge is 2.38. The van der Waals surface area contributed by atoms with Gasteiger partial charge in [0.2, 0.25) is 5.75 Å². The molecule has 1 unspecified atom stereocenters. The maximum Gasteiger partial charge on any atom is 0.490 e. The van der Waals surface area contributed by atoms with E-state index in [1.807, 2.05) is 6.07 Å². The zero-order chi connectivity index (χ0) is 22.5. The van der Waals surface area contributed by atoms with Gasteiger partial charge in [-0.2, -0.15) is 24.5 Å². The first-order valence-electron chi connectivity index (χ1n) is 8.97. The first-order valence-corrected chi connectivity index (χ1v) is 9.91. The van der Waals surface area contributed by atoms with Gasteiger partial charge in [0.15, 0.2) is 11.5 Å². The fourth-order valence-corrected chi connectivity index (χ4v) is 3.70. The number of alkyl halides is 3. The molecule has 0 bridgehead atoms. The summed E-state index contributed by atoms with van der Waals surface area (Å²) in [5.41, 5.74) is 2.16. The molecular formula is C20H24F3NO5S. The number of ether oxygens (including phenoxy) is 3. The number of benzene rings is 1. The molecule has 0 spiro atoms. The molecule has 2 heterocycles. The Labute approximate surface area is 176 Å². The van der Waals surface area contributed by atoms with E-state index in [0.29, 0.717) is 11.5 Å². The van der Waals surface area contributed by atoms with Gasteiger partial charge in [-0.1, -0.05) is 0 Å². The zero-order valence-electron chi connectivity index (χ0n) is 17.0. The number of thiophene rings is 1. The Balaban J connectivity index is 0.000000396. The van der Waals surface area contributed by atoms with Crippen LogP contribution in [0.4, 0.5) is 13.2 Å². The summed E-state index contributed by atoms with van der Waals surface area (Å²) >= 11 is 1.72. The van der Waals surface area contributed by atoms with Crippen molar-refractivity contribution in [1.29, 1.82) is 0 Å². The highest BCUT2D eigenvalue weighted by Crippen LogP contribution is 2.48. The Hall–Kier alpha value is -2.46. The predicted octanol–water partition coefficient (Wildman–Crippen LogP) is 4.79. The maximum absolute atomic E-state index is 10.6. The van der Waals surface area contributed by atoms with E-state index in [4.69, 9.17) is 24.1 Å². The Bertz CT molecular complexity index is 853. The highest BCUT2D eigenvalue weighted by molar-refractivity contribution is 7.07. The van der Waals surface area contributed by atoms with E-state index in [0.717, 1.165) is 24.3 Å². The van der Waals surface area contributed by atoms with Crippen LogP contribution in [0.25, 0.3) is 0 Å². The predicted molar refractivity (Wildman–Crippen MR) is 106 cm³/mol. The molecule has 1 aromatic heterocycles. The summed E-state index contributed by atoms with van der Waals surface area (Å²) < 4.78 is 48.9. The number of methoxy groups -OCH3 is 2. The molecule has 0 fully saturated rings. The monoisotopic (exact) mass is 447 g/mol. The lowest BCUT2D eigenvalue weighted by atomic mass is 9.89. The van der Waals surface area contributed by atoms with E-state index in [-0.39, 0.29) is 11.6 Å². The van der Waals surface area contributed by atoms with Crippen LogP contribution >= 0.6 is 11.3 Å². The van der Waals surface area contributed by atoms with Gasteiger partial charge in [-0.15, -0.1) is 0 Å². The van der Waals surface area contributed by atoms with Crippen molar-refractivity contribution in [1.82, 2.24) is 5.32 Å². The Morgan fingerprint density at radius 3 is 2.47 bits per heavy atom. The number of nitrogens with one attached hydrogen (secondary N) is 1. The summed E-state index contributed by atoms with van der Waals surface area (Å²) in [6.45, 7) is 5.06. The standard InChI is InChI=1S/C18H23NO3S.C2HF3O2/c1-18(2)9-14(19-10-12-7-8-23-11-12)13-5-6-15(20-3)17(21-4)16(13)22-18;3-2(4,5)1(6)7/h5-8,11,14,19H,9-10H2,1-4H3;(H,6,7). The zero-order valence-corrected chi connectivity index (χ0v) is 17.8. The van der Waals surface area contributed by atoms with E-state index in [2.05, 4.69) is 42.1 Å². The molecule has 1 aromatic carbocycles. The van der Waals surface area contributed by atoms with Gasteiger partial charge in [-0.25, -0.2) is 4.79 Å². The minimum atomic E-state index is -5.08. The highest BCUT2D eigenvalue weighted by atomic mass is 32.1. The summed E-state index contributed by atoms with van der Waals surface area (Å²) in [6.07, 6.45) is -4.18. The van der Waals surface area contributed by atoms with E-state index >= 15 is 0 Å². The van der Waals surface area contributed by atoms with Gasteiger partial charge >= 0.3 is 12.1 Å². The summed E-state index contributed by atoms with van der Waals surface area (Å²) in [4.78, 5) is 8.90. The third-order valence-corrected chi connectivity index (χ3v) is 5.09. The van der Waals surface area contributed by atoms with Crippen LogP contribution < -0.4 is 19.5 Å². The molecule has 0 aliphatic carbocycles. The Morgan fingerprint density at radius 1 is 1.30 bits per heavy atom. The van der Waals surface area contributed by atoms with Crippen LogP contribution in [0.2, 0.25) is 0 Å². The summed E-state index contributed by atoms with van der Waals surface area (Å²) in [7, 11) is 3.29. The lowest BCUT2D eigenvalue weighted by Crippen LogP contribution is -2.39. The number of fused-ring (bicyclic) bond motifs is 1. The average molecular weight is 447 g/mol. The molecule has 1 aliphatic heterocycles. The molecule has 2 aromatic rings. The minimum Gasteiger partial charge on any atom is -0.493 e. The lowest BCUT2D eigenvalue weighted by molar-refractivity contribution is -0.192. The number of hydrogen-bond donors (Lipinski definition) is 2. The van der Waals surface area contributed by atoms with Crippen molar-refractivity contribution in [3.63, 3.8) is 0 Å². The first-order chi connectivity index (χ1) is 14.0. The normalized spacial score (nSPS) is 17.1. The molecular weight excluding hydrogens is 423 g/mol. The second-order valence-electron chi connectivity index (χ2n) is 7.15. The third-order valence-electron chi connectivity index (χ3n) is 4.36. The molecule has 166 valence electrons. The molecule has 30 heavy (non-hydrogen) atoms. The van der Waals surface area contributed by atoms with E-state index < -0.39 is 12.1 Å². The van der Waals surface area contributed by atoms with Crippen LogP contribution in [-0.4, -0.2) is 37.1 Å². The van der Waals surface area contributed by atoms with Crippen molar-refractivity contribution in [2.75, 3.05) is 14.2 Å². The number of halogens is 3. The summed E-state index contributed by atoms with van der Waals surface area (Å²) in [5.74, 6) is -0.612. The number of aliphatic carboxylic acids is 1. The SMILES string of the molecule is COc1ccc2c(c1OC)OC(C)(C)CC2NCc1ccsc1.O=C(O)C(F)(F)F. The van der Waals surface area contributed by atoms with E-state index in [1.54, 1.807) is 25.6 Å². The van der Waals surface area contributed by atoms with Crippen molar-refractivity contribution in [2.45, 2.75) is 44.6 Å². The number of carboxylic acids is 1. The maximum atomic E-state index is 10.6. The van der Waals surface area contributed by atoms with Gasteiger partial charge in [0.1, 0.15) is 5.60 Å². The van der Waals surface area contributed by atoms with Crippen LogP contribution in [0.15, 0.2) is 29.0 Å². The molecule has 0 saturated heterocycles. The summed E-state index contributed by atoms with van der Waals surface area (Å²) in [6, 6.07) is 6.38.